The number of carbonyl (C=O) groups is 2. The Hall–Kier alpha value is -1.84. The third-order valence-electron chi connectivity index (χ3n) is 4.19. The first-order chi connectivity index (χ1) is 9.60. The Balaban J connectivity index is 2.11. The van der Waals surface area contributed by atoms with Crippen LogP contribution in [0.4, 0.5) is 0 Å². The molecule has 4 nitrogen and oxygen atoms in total. The highest BCUT2D eigenvalue weighted by Crippen LogP contribution is 2.44. The molecule has 0 saturated heterocycles. The van der Waals surface area contributed by atoms with Gasteiger partial charge in [0.15, 0.2) is 5.41 Å². The number of hydrogen-bond acceptors (Lipinski definition) is 3. The number of aliphatic carboxylic acids is 1. The molecule has 1 aliphatic rings. The molecule has 0 aromatic heterocycles. The highest BCUT2D eigenvalue weighted by molar-refractivity contribution is 5.99. The van der Waals surface area contributed by atoms with Gasteiger partial charge in [-0.2, -0.15) is 0 Å². The maximum absolute atomic E-state index is 12.0. The second kappa shape index (κ2) is 6.07. The molecule has 20 heavy (non-hydrogen) atoms. The lowest BCUT2D eigenvalue weighted by Crippen LogP contribution is -2.43. The van der Waals surface area contributed by atoms with E-state index in [4.69, 9.17) is 4.74 Å². The summed E-state index contributed by atoms with van der Waals surface area (Å²) in [5.41, 5.74) is -0.128. The van der Waals surface area contributed by atoms with Crippen LogP contribution in [0, 0.1) is 5.41 Å². The lowest BCUT2D eigenvalue weighted by molar-refractivity contribution is -0.171. The molecule has 1 aromatic carbocycles. The smallest absolute Gasteiger partial charge is 0.323 e. The van der Waals surface area contributed by atoms with Crippen molar-refractivity contribution in [2.45, 2.75) is 38.5 Å². The van der Waals surface area contributed by atoms with Gasteiger partial charge in [0.25, 0.3) is 0 Å². The summed E-state index contributed by atoms with van der Waals surface area (Å²) in [6.45, 7) is 1.92. The van der Waals surface area contributed by atoms with Crippen LogP contribution in [-0.2, 0) is 14.3 Å². The van der Waals surface area contributed by atoms with Gasteiger partial charge in [-0.25, -0.2) is 0 Å². The number of benzene rings is 1. The Kier molecular flexibility index (Phi) is 4.42. The second-order valence-electron chi connectivity index (χ2n) is 5.29. The minimum Gasteiger partial charge on any atom is -0.480 e. The lowest BCUT2D eigenvalue weighted by Gasteiger charge is -2.34. The number of hydrogen-bond donors (Lipinski definition) is 1. The summed E-state index contributed by atoms with van der Waals surface area (Å²) in [6, 6.07) is 10.1. The number of carboxylic acids is 1. The van der Waals surface area contributed by atoms with Gasteiger partial charge in [0.05, 0.1) is 6.61 Å². The van der Waals surface area contributed by atoms with Crippen molar-refractivity contribution in [3.05, 3.63) is 35.9 Å². The first-order valence-corrected chi connectivity index (χ1v) is 7.05. The zero-order chi connectivity index (χ0) is 14.6. The Labute approximate surface area is 118 Å². The average molecular weight is 276 g/mol. The minimum atomic E-state index is -1.35. The SMILES string of the molecule is CCOC(=O)C1(C(=O)O)CCC(c2ccccc2)CC1. The fraction of sp³-hybridized carbons (Fsp3) is 0.500. The van der Waals surface area contributed by atoms with Crippen LogP contribution in [-0.4, -0.2) is 23.7 Å². The van der Waals surface area contributed by atoms with Crippen molar-refractivity contribution in [1.29, 1.82) is 0 Å². The van der Waals surface area contributed by atoms with Gasteiger partial charge in [-0.3, -0.25) is 9.59 Å². The van der Waals surface area contributed by atoms with Gasteiger partial charge in [0.1, 0.15) is 0 Å². The highest BCUT2D eigenvalue weighted by atomic mass is 16.5. The van der Waals surface area contributed by atoms with Crippen LogP contribution in [0.2, 0.25) is 0 Å². The standard InChI is InChI=1S/C16H20O4/c1-2-20-15(19)16(14(17)18)10-8-13(9-11-16)12-6-4-3-5-7-12/h3-7,13H,2,8-11H2,1H3,(H,17,18). The second-order valence-corrected chi connectivity index (χ2v) is 5.29. The van der Waals surface area contributed by atoms with E-state index in [1.54, 1.807) is 6.92 Å². The molecule has 108 valence electrons. The molecule has 2 rings (SSSR count). The summed E-state index contributed by atoms with van der Waals surface area (Å²) in [5.74, 6) is -1.31. The number of carboxylic acid groups (broad SMARTS) is 1. The molecule has 0 aliphatic heterocycles. The molecule has 0 radical (unpaired) electrons. The normalized spacial score (nSPS) is 25.9. The predicted molar refractivity (Wildman–Crippen MR) is 74.4 cm³/mol. The van der Waals surface area contributed by atoms with Crippen molar-refractivity contribution in [2.75, 3.05) is 6.61 Å². The molecule has 0 heterocycles. The molecule has 1 fully saturated rings. The van der Waals surface area contributed by atoms with Gasteiger partial charge >= 0.3 is 11.9 Å². The van der Waals surface area contributed by atoms with Crippen LogP contribution < -0.4 is 0 Å². The molecule has 0 atom stereocenters. The van der Waals surface area contributed by atoms with E-state index in [2.05, 4.69) is 12.1 Å². The van der Waals surface area contributed by atoms with Crippen molar-refractivity contribution in [3.63, 3.8) is 0 Å². The molecule has 4 heteroatoms. The summed E-state index contributed by atoms with van der Waals surface area (Å²) in [4.78, 5) is 23.5. The van der Waals surface area contributed by atoms with E-state index in [-0.39, 0.29) is 6.61 Å². The van der Waals surface area contributed by atoms with E-state index in [0.717, 1.165) is 0 Å². The summed E-state index contributed by atoms with van der Waals surface area (Å²) < 4.78 is 4.97. The van der Waals surface area contributed by atoms with E-state index in [0.29, 0.717) is 31.6 Å². The third-order valence-corrected chi connectivity index (χ3v) is 4.19. The van der Waals surface area contributed by atoms with E-state index in [1.807, 2.05) is 18.2 Å². The van der Waals surface area contributed by atoms with Gasteiger partial charge in [0.2, 0.25) is 0 Å². The average Bonchev–Trinajstić information content (AvgIpc) is 2.48. The molecule has 0 spiro atoms. The molecule has 1 saturated carbocycles. The van der Waals surface area contributed by atoms with Gasteiger partial charge < -0.3 is 9.84 Å². The topological polar surface area (TPSA) is 63.6 Å². The first-order valence-electron chi connectivity index (χ1n) is 7.05. The van der Waals surface area contributed by atoms with Crippen molar-refractivity contribution in [1.82, 2.24) is 0 Å². The van der Waals surface area contributed by atoms with Crippen molar-refractivity contribution in [2.24, 2.45) is 5.41 Å². The van der Waals surface area contributed by atoms with Gasteiger partial charge in [-0.05, 0) is 44.1 Å². The van der Waals surface area contributed by atoms with Crippen molar-refractivity contribution < 1.29 is 19.4 Å². The Morgan fingerprint density at radius 1 is 1.25 bits per heavy atom. The molecule has 0 bridgehead atoms. The fourth-order valence-corrected chi connectivity index (χ4v) is 2.94. The van der Waals surface area contributed by atoms with Gasteiger partial charge in [-0.15, -0.1) is 0 Å². The molecule has 1 aromatic rings. The van der Waals surface area contributed by atoms with Gasteiger partial charge in [0, 0.05) is 0 Å². The van der Waals surface area contributed by atoms with Crippen LogP contribution in [0.3, 0.4) is 0 Å². The zero-order valence-corrected chi connectivity index (χ0v) is 11.7. The molecular formula is C16H20O4. The Morgan fingerprint density at radius 2 is 1.85 bits per heavy atom. The molecule has 0 amide bonds. The third kappa shape index (κ3) is 2.69. The van der Waals surface area contributed by atoms with E-state index >= 15 is 0 Å². The Bertz CT molecular complexity index is 473. The Morgan fingerprint density at radius 3 is 2.35 bits per heavy atom. The maximum Gasteiger partial charge on any atom is 0.323 e. The predicted octanol–water partition coefficient (Wildman–Crippen LogP) is 2.98. The number of carbonyl (C=O) groups excluding carboxylic acids is 1. The monoisotopic (exact) mass is 276 g/mol. The maximum atomic E-state index is 12.0. The molecule has 1 aliphatic carbocycles. The van der Waals surface area contributed by atoms with Crippen LogP contribution in [0.15, 0.2) is 30.3 Å². The van der Waals surface area contributed by atoms with Gasteiger partial charge in [-0.1, -0.05) is 30.3 Å². The lowest BCUT2D eigenvalue weighted by atomic mass is 9.69. The van der Waals surface area contributed by atoms with Crippen LogP contribution >= 0.6 is 0 Å². The minimum absolute atomic E-state index is 0.218. The fourth-order valence-electron chi connectivity index (χ4n) is 2.94. The largest absolute Gasteiger partial charge is 0.480 e. The van der Waals surface area contributed by atoms with E-state index in [9.17, 15) is 14.7 Å². The van der Waals surface area contributed by atoms with E-state index < -0.39 is 17.4 Å². The van der Waals surface area contributed by atoms with Crippen LogP contribution in [0.5, 0.6) is 0 Å². The zero-order valence-electron chi connectivity index (χ0n) is 11.7. The van der Waals surface area contributed by atoms with Crippen molar-refractivity contribution >= 4 is 11.9 Å². The summed E-state index contributed by atoms with van der Waals surface area (Å²) in [5, 5.41) is 9.44. The number of ether oxygens (including phenoxy) is 1. The van der Waals surface area contributed by atoms with Crippen LogP contribution in [0.1, 0.15) is 44.1 Å². The van der Waals surface area contributed by atoms with Crippen molar-refractivity contribution in [3.8, 4) is 0 Å². The van der Waals surface area contributed by atoms with E-state index in [1.165, 1.54) is 5.56 Å². The first kappa shape index (κ1) is 14.6. The summed E-state index contributed by atoms with van der Waals surface area (Å²) >= 11 is 0. The molecule has 1 N–H and O–H groups in total. The summed E-state index contributed by atoms with van der Waals surface area (Å²) in [6.07, 6.45) is 2.10. The number of esters is 1. The summed E-state index contributed by atoms with van der Waals surface area (Å²) in [7, 11) is 0. The number of rotatable bonds is 4. The molecule has 0 unspecified atom stereocenters. The molecular weight excluding hydrogens is 256 g/mol. The quantitative estimate of drug-likeness (QED) is 0.678. The van der Waals surface area contributed by atoms with Crippen LogP contribution in [0.25, 0.3) is 0 Å². The highest BCUT2D eigenvalue weighted by Gasteiger charge is 2.49.